The van der Waals surface area contributed by atoms with Crippen molar-refractivity contribution in [2.45, 2.75) is 45.9 Å². The van der Waals surface area contributed by atoms with Gasteiger partial charge in [-0.1, -0.05) is 13.0 Å². The van der Waals surface area contributed by atoms with E-state index in [1.807, 2.05) is 19.1 Å². The van der Waals surface area contributed by atoms with E-state index in [0.717, 1.165) is 44.6 Å². The van der Waals surface area contributed by atoms with Gasteiger partial charge in [-0.3, -0.25) is 4.90 Å². The van der Waals surface area contributed by atoms with Crippen molar-refractivity contribution < 1.29 is 18.3 Å². The molecule has 1 aromatic carbocycles. The Morgan fingerprint density at radius 3 is 2.74 bits per heavy atom. The van der Waals surface area contributed by atoms with Crippen LogP contribution < -0.4 is 14.8 Å². The topological polar surface area (TPSA) is 33.7 Å². The van der Waals surface area contributed by atoms with E-state index < -0.39 is 6.61 Å². The molecule has 2 rings (SSSR count). The molecule has 0 radical (unpaired) electrons. The molecule has 1 aromatic rings. The monoisotopic (exact) mass is 328 g/mol. The lowest BCUT2D eigenvalue weighted by Crippen LogP contribution is -2.36. The zero-order chi connectivity index (χ0) is 16.7. The third-order valence-electron chi connectivity index (χ3n) is 3.97. The Hall–Kier alpha value is -1.40. The summed E-state index contributed by atoms with van der Waals surface area (Å²) in [4.78, 5) is 2.44. The number of halogens is 2. The fourth-order valence-corrected chi connectivity index (χ4v) is 2.98. The maximum absolute atomic E-state index is 12.5. The molecule has 0 aliphatic carbocycles. The van der Waals surface area contributed by atoms with Crippen molar-refractivity contribution in [1.29, 1.82) is 0 Å². The number of hydrogen-bond donors (Lipinski definition) is 1. The van der Waals surface area contributed by atoms with Crippen molar-refractivity contribution in [2.75, 3.05) is 26.2 Å². The molecule has 6 heteroatoms. The Morgan fingerprint density at radius 2 is 2.13 bits per heavy atom. The lowest BCUT2D eigenvalue weighted by molar-refractivity contribution is -0.0514. The highest BCUT2D eigenvalue weighted by Gasteiger charge is 2.22. The van der Waals surface area contributed by atoms with Gasteiger partial charge in [0.25, 0.3) is 0 Å². The lowest BCUT2D eigenvalue weighted by Gasteiger charge is -2.28. The highest BCUT2D eigenvalue weighted by molar-refractivity contribution is 5.43. The van der Waals surface area contributed by atoms with Gasteiger partial charge in [-0.2, -0.15) is 8.78 Å². The quantitative estimate of drug-likeness (QED) is 0.754. The average molecular weight is 328 g/mol. The molecule has 0 bridgehead atoms. The predicted molar refractivity (Wildman–Crippen MR) is 86.2 cm³/mol. The van der Waals surface area contributed by atoms with E-state index in [1.165, 1.54) is 0 Å². The van der Waals surface area contributed by atoms with E-state index in [2.05, 4.69) is 21.9 Å². The molecular formula is C17H26F2N2O2. The smallest absolute Gasteiger partial charge is 0.387 e. The molecule has 1 N–H and O–H groups in total. The Balaban J connectivity index is 2.12. The van der Waals surface area contributed by atoms with Crippen molar-refractivity contribution in [1.82, 2.24) is 10.2 Å². The second kappa shape index (κ2) is 9.03. The van der Waals surface area contributed by atoms with Crippen LogP contribution in [-0.2, 0) is 6.54 Å². The Bertz CT molecular complexity index is 480. The molecule has 1 atom stereocenters. The van der Waals surface area contributed by atoms with Gasteiger partial charge < -0.3 is 14.8 Å². The van der Waals surface area contributed by atoms with Gasteiger partial charge in [-0.15, -0.1) is 0 Å². The molecule has 1 fully saturated rings. The van der Waals surface area contributed by atoms with E-state index in [0.29, 0.717) is 18.4 Å². The van der Waals surface area contributed by atoms with Crippen LogP contribution in [0.4, 0.5) is 8.78 Å². The maximum atomic E-state index is 12.5. The van der Waals surface area contributed by atoms with E-state index in [4.69, 9.17) is 4.74 Å². The molecular weight excluding hydrogens is 302 g/mol. The van der Waals surface area contributed by atoms with Crippen molar-refractivity contribution >= 4 is 0 Å². The SMILES string of the molecule is CCCN(Cc1ccc(OC(F)F)c(OCC)c1)C1CCNC1. The fourth-order valence-electron chi connectivity index (χ4n) is 2.98. The van der Waals surface area contributed by atoms with E-state index in [1.54, 1.807) is 6.07 Å². The highest BCUT2D eigenvalue weighted by atomic mass is 19.3. The first kappa shape index (κ1) is 17.9. The maximum Gasteiger partial charge on any atom is 0.387 e. The summed E-state index contributed by atoms with van der Waals surface area (Å²) >= 11 is 0. The molecule has 0 spiro atoms. The molecule has 1 aliphatic heterocycles. The minimum absolute atomic E-state index is 0.0928. The van der Waals surface area contributed by atoms with Crippen molar-refractivity contribution in [2.24, 2.45) is 0 Å². The van der Waals surface area contributed by atoms with Crippen LogP contribution in [0.15, 0.2) is 18.2 Å². The third kappa shape index (κ3) is 5.32. The van der Waals surface area contributed by atoms with Crippen LogP contribution in [0.1, 0.15) is 32.3 Å². The van der Waals surface area contributed by atoms with Crippen molar-refractivity contribution in [3.05, 3.63) is 23.8 Å². The van der Waals surface area contributed by atoms with Gasteiger partial charge in [0.2, 0.25) is 0 Å². The second-order valence-corrected chi connectivity index (χ2v) is 5.71. The van der Waals surface area contributed by atoms with Gasteiger partial charge in [0, 0.05) is 19.1 Å². The number of benzene rings is 1. The number of ether oxygens (including phenoxy) is 2. The average Bonchev–Trinajstić information content (AvgIpc) is 3.03. The number of nitrogens with one attached hydrogen (secondary N) is 1. The summed E-state index contributed by atoms with van der Waals surface area (Å²) in [5.41, 5.74) is 1.05. The van der Waals surface area contributed by atoms with Crippen LogP contribution in [0.5, 0.6) is 11.5 Å². The fraction of sp³-hybridized carbons (Fsp3) is 0.647. The zero-order valence-corrected chi connectivity index (χ0v) is 13.9. The first-order valence-corrected chi connectivity index (χ1v) is 8.29. The van der Waals surface area contributed by atoms with Crippen LogP contribution >= 0.6 is 0 Å². The predicted octanol–water partition coefficient (Wildman–Crippen LogP) is 3.26. The molecule has 130 valence electrons. The van der Waals surface area contributed by atoms with E-state index in [-0.39, 0.29) is 5.75 Å². The van der Waals surface area contributed by atoms with Gasteiger partial charge >= 0.3 is 6.61 Å². The standard InChI is InChI=1S/C17H26F2N2O2/c1-3-9-21(14-7-8-20-11-14)12-13-5-6-15(23-17(18)19)16(10-13)22-4-2/h5-6,10,14,17,20H,3-4,7-9,11-12H2,1-2H3. The van der Waals surface area contributed by atoms with Crippen LogP contribution in [-0.4, -0.2) is 43.8 Å². The summed E-state index contributed by atoms with van der Waals surface area (Å²) in [5, 5.41) is 3.39. The van der Waals surface area contributed by atoms with E-state index >= 15 is 0 Å². The Kier molecular flexibility index (Phi) is 7.05. The molecule has 0 aromatic heterocycles. The summed E-state index contributed by atoms with van der Waals surface area (Å²) in [6.45, 7) is 5.42. The molecule has 0 saturated carbocycles. The minimum Gasteiger partial charge on any atom is -0.490 e. The first-order valence-electron chi connectivity index (χ1n) is 8.29. The van der Waals surface area contributed by atoms with E-state index in [9.17, 15) is 8.78 Å². The summed E-state index contributed by atoms with van der Waals surface area (Å²) < 4.78 is 34.9. The Labute approximate surface area is 136 Å². The summed E-state index contributed by atoms with van der Waals surface area (Å²) in [7, 11) is 0. The molecule has 1 unspecified atom stereocenters. The van der Waals surface area contributed by atoms with Gasteiger partial charge in [-0.25, -0.2) is 0 Å². The van der Waals surface area contributed by atoms with Gasteiger partial charge in [-0.05, 0) is 50.6 Å². The van der Waals surface area contributed by atoms with Crippen LogP contribution in [0.2, 0.25) is 0 Å². The molecule has 0 amide bonds. The first-order chi connectivity index (χ1) is 11.1. The molecule has 1 aliphatic rings. The lowest BCUT2D eigenvalue weighted by atomic mass is 10.1. The van der Waals surface area contributed by atoms with Crippen molar-refractivity contribution in [3.63, 3.8) is 0 Å². The molecule has 4 nitrogen and oxygen atoms in total. The van der Waals surface area contributed by atoms with Gasteiger partial charge in [0.1, 0.15) is 0 Å². The van der Waals surface area contributed by atoms with Crippen molar-refractivity contribution in [3.8, 4) is 11.5 Å². The number of hydrogen-bond acceptors (Lipinski definition) is 4. The zero-order valence-electron chi connectivity index (χ0n) is 13.9. The molecule has 1 saturated heterocycles. The molecule has 23 heavy (non-hydrogen) atoms. The molecule has 1 heterocycles. The van der Waals surface area contributed by atoms with Crippen LogP contribution in [0.3, 0.4) is 0 Å². The second-order valence-electron chi connectivity index (χ2n) is 5.71. The minimum atomic E-state index is -2.85. The van der Waals surface area contributed by atoms with Crippen LogP contribution in [0, 0.1) is 0 Å². The number of alkyl halides is 2. The largest absolute Gasteiger partial charge is 0.490 e. The summed E-state index contributed by atoms with van der Waals surface area (Å²) in [6, 6.07) is 5.75. The number of nitrogens with zero attached hydrogens (tertiary/aromatic N) is 1. The highest BCUT2D eigenvalue weighted by Crippen LogP contribution is 2.30. The van der Waals surface area contributed by atoms with Gasteiger partial charge in [0.05, 0.1) is 6.61 Å². The number of rotatable bonds is 9. The normalized spacial score (nSPS) is 17.9. The van der Waals surface area contributed by atoms with Gasteiger partial charge in [0.15, 0.2) is 11.5 Å². The third-order valence-corrected chi connectivity index (χ3v) is 3.97. The summed E-state index contributed by atoms with van der Waals surface area (Å²) in [6.07, 6.45) is 2.23. The Morgan fingerprint density at radius 1 is 1.30 bits per heavy atom. The van der Waals surface area contributed by atoms with Crippen LogP contribution in [0.25, 0.3) is 0 Å². The summed E-state index contributed by atoms with van der Waals surface area (Å²) in [5.74, 6) is 0.474.